The summed E-state index contributed by atoms with van der Waals surface area (Å²) in [6, 6.07) is 5.54. The maximum atomic E-state index is 12.0. The Kier molecular flexibility index (Phi) is 5.23. The summed E-state index contributed by atoms with van der Waals surface area (Å²) in [6.07, 6.45) is 0.282. The van der Waals surface area contributed by atoms with E-state index in [9.17, 15) is 9.59 Å². The van der Waals surface area contributed by atoms with E-state index in [1.54, 1.807) is 11.4 Å². The molecule has 0 spiro atoms. The van der Waals surface area contributed by atoms with Crippen molar-refractivity contribution in [2.75, 3.05) is 18.9 Å². The number of amides is 1. The van der Waals surface area contributed by atoms with Gasteiger partial charge in [-0.2, -0.15) is 5.26 Å². The molecule has 7 nitrogen and oxygen atoms in total. The summed E-state index contributed by atoms with van der Waals surface area (Å²) >= 11 is 2.69. The Morgan fingerprint density at radius 3 is 3.00 bits per heavy atom. The molecule has 3 heterocycles. The highest BCUT2D eigenvalue weighted by Crippen LogP contribution is 2.22. The predicted molar refractivity (Wildman–Crippen MR) is 98.9 cm³/mol. The lowest BCUT2D eigenvalue weighted by atomic mass is 10.3. The second-order valence-electron chi connectivity index (χ2n) is 5.46. The molecule has 128 valence electrons. The fraction of sp³-hybridized carbons (Fsp3) is 0.250. The molecule has 9 heteroatoms. The van der Waals surface area contributed by atoms with Crippen LogP contribution in [0.1, 0.15) is 17.8 Å². The fourth-order valence-corrected chi connectivity index (χ4v) is 3.79. The van der Waals surface area contributed by atoms with Gasteiger partial charge in [0.25, 0.3) is 5.56 Å². The Labute approximate surface area is 151 Å². The Morgan fingerprint density at radius 2 is 2.20 bits per heavy atom. The van der Waals surface area contributed by atoms with Crippen molar-refractivity contribution >= 4 is 43.8 Å². The molecule has 0 aromatic carbocycles. The third kappa shape index (κ3) is 4.11. The van der Waals surface area contributed by atoms with Crippen LogP contribution < -0.4 is 10.9 Å². The molecule has 0 fully saturated rings. The lowest BCUT2D eigenvalue weighted by Gasteiger charge is -2.15. The van der Waals surface area contributed by atoms with Gasteiger partial charge >= 0.3 is 0 Å². The van der Waals surface area contributed by atoms with Crippen molar-refractivity contribution in [2.45, 2.75) is 13.0 Å². The van der Waals surface area contributed by atoms with Crippen LogP contribution in [0.2, 0.25) is 0 Å². The summed E-state index contributed by atoms with van der Waals surface area (Å²) in [5, 5.41) is 15.9. The van der Waals surface area contributed by atoms with E-state index in [2.05, 4.69) is 15.3 Å². The third-order valence-electron chi connectivity index (χ3n) is 3.54. The Morgan fingerprint density at radius 1 is 1.40 bits per heavy atom. The lowest BCUT2D eigenvalue weighted by Crippen LogP contribution is -2.26. The van der Waals surface area contributed by atoms with E-state index in [0.29, 0.717) is 39.7 Å². The highest BCUT2D eigenvalue weighted by atomic mass is 32.1. The summed E-state index contributed by atoms with van der Waals surface area (Å²) < 4.78 is 0.620. The number of rotatable bonds is 6. The first kappa shape index (κ1) is 17.3. The van der Waals surface area contributed by atoms with Crippen LogP contribution in [0.3, 0.4) is 0 Å². The monoisotopic (exact) mass is 373 g/mol. The second kappa shape index (κ2) is 7.57. The Hall–Kier alpha value is -2.54. The third-order valence-corrected chi connectivity index (χ3v) is 5.28. The smallest absolute Gasteiger partial charge is 0.268 e. The molecule has 25 heavy (non-hydrogen) atoms. The number of anilines is 1. The van der Waals surface area contributed by atoms with Crippen LogP contribution in [0, 0.1) is 11.3 Å². The number of nitrogens with one attached hydrogen (secondary N) is 2. The summed E-state index contributed by atoms with van der Waals surface area (Å²) in [4.78, 5) is 33.1. The largest absolute Gasteiger partial charge is 0.317 e. The van der Waals surface area contributed by atoms with Gasteiger partial charge in [0, 0.05) is 13.0 Å². The van der Waals surface area contributed by atoms with Crippen LogP contribution in [0.5, 0.6) is 0 Å². The minimum absolute atomic E-state index is 0.136. The van der Waals surface area contributed by atoms with Gasteiger partial charge in [0.15, 0.2) is 0 Å². The first-order valence-corrected chi connectivity index (χ1v) is 9.25. The topological polar surface area (TPSA) is 102 Å². The molecule has 2 N–H and O–H groups in total. The summed E-state index contributed by atoms with van der Waals surface area (Å²) in [7, 11) is 1.86. The molecular weight excluding hydrogens is 358 g/mol. The molecule has 1 amide bonds. The molecule has 0 aliphatic carbocycles. The van der Waals surface area contributed by atoms with Crippen LogP contribution in [-0.2, 0) is 11.3 Å². The van der Waals surface area contributed by atoms with Crippen LogP contribution >= 0.6 is 22.7 Å². The lowest BCUT2D eigenvalue weighted by molar-refractivity contribution is -0.116. The molecule has 0 atom stereocenters. The normalized spacial score (nSPS) is 10.9. The van der Waals surface area contributed by atoms with Crippen molar-refractivity contribution in [3.05, 3.63) is 44.6 Å². The van der Waals surface area contributed by atoms with Crippen molar-refractivity contribution in [1.82, 2.24) is 14.9 Å². The number of H-pyrrole nitrogens is 1. The maximum Gasteiger partial charge on any atom is 0.268 e. The fourth-order valence-electron chi connectivity index (χ4n) is 2.31. The van der Waals surface area contributed by atoms with Crippen LogP contribution in [-0.4, -0.2) is 34.4 Å². The van der Waals surface area contributed by atoms with E-state index in [4.69, 9.17) is 5.26 Å². The number of carbonyl (C=O) groups excluding carboxylic acids is 1. The molecule has 0 aliphatic heterocycles. The molecular formula is C16H15N5O2S2. The minimum atomic E-state index is -0.152. The molecule has 3 aromatic rings. The molecule has 0 saturated carbocycles. The Bertz CT molecular complexity index is 998. The average Bonchev–Trinajstić information content (AvgIpc) is 3.22. The highest BCUT2D eigenvalue weighted by molar-refractivity contribution is 7.17. The van der Waals surface area contributed by atoms with Gasteiger partial charge in [-0.3, -0.25) is 14.5 Å². The number of nitrogens with zero attached hydrogens (tertiary/aromatic N) is 3. The van der Waals surface area contributed by atoms with E-state index in [0.717, 1.165) is 0 Å². The van der Waals surface area contributed by atoms with Gasteiger partial charge in [-0.05, 0) is 29.9 Å². The van der Waals surface area contributed by atoms with Gasteiger partial charge in [0.1, 0.15) is 21.6 Å². The van der Waals surface area contributed by atoms with Gasteiger partial charge in [-0.1, -0.05) is 0 Å². The van der Waals surface area contributed by atoms with Gasteiger partial charge in [-0.15, -0.1) is 22.7 Å². The minimum Gasteiger partial charge on any atom is -0.317 e. The SMILES string of the molecule is CN(CCC(=O)Nc1sccc1C#N)Cc1nc2ccsc2c(=O)[nH]1. The standard InChI is InChI=1S/C16H15N5O2S2/c1-21(5-2-13(22)20-16-10(8-17)3-6-25-16)9-12-18-11-4-7-24-14(11)15(23)19-12/h3-4,6-7H,2,5,9H2,1H3,(H,20,22)(H,18,19,23). The van der Waals surface area contributed by atoms with E-state index >= 15 is 0 Å². The molecule has 0 saturated heterocycles. The molecule has 0 aliphatic rings. The molecule has 0 unspecified atom stereocenters. The first-order valence-electron chi connectivity index (χ1n) is 7.49. The molecule has 0 radical (unpaired) electrons. The van der Waals surface area contributed by atoms with E-state index in [1.165, 1.54) is 22.7 Å². The summed E-state index contributed by atoms with van der Waals surface area (Å²) in [6.45, 7) is 0.946. The van der Waals surface area contributed by atoms with E-state index in [-0.39, 0.29) is 17.9 Å². The van der Waals surface area contributed by atoms with Crippen LogP contribution in [0.15, 0.2) is 27.7 Å². The van der Waals surface area contributed by atoms with Crippen molar-refractivity contribution < 1.29 is 4.79 Å². The van der Waals surface area contributed by atoms with Gasteiger partial charge in [0.2, 0.25) is 5.91 Å². The number of aromatic amines is 1. The number of fused-ring (bicyclic) bond motifs is 1. The number of aromatic nitrogens is 2. The zero-order valence-corrected chi connectivity index (χ0v) is 15.0. The number of hydrogen-bond donors (Lipinski definition) is 2. The zero-order valence-electron chi connectivity index (χ0n) is 13.4. The van der Waals surface area contributed by atoms with Crippen molar-refractivity contribution in [2.24, 2.45) is 0 Å². The highest BCUT2D eigenvalue weighted by Gasteiger charge is 2.11. The molecule has 3 rings (SSSR count). The average molecular weight is 373 g/mol. The summed E-state index contributed by atoms with van der Waals surface area (Å²) in [5.41, 5.74) is 1.03. The number of nitriles is 1. The van der Waals surface area contributed by atoms with Gasteiger partial charge in [0.05, 0.1) is 17.6 Å². The summed E-state index contributed by atoms with van der Waals surface area (Å²) in [5.74, 6) is 0.421. The van der Waals surface area contributed by atoms with Crippen molar-refractivity contribution in [3.63, 3.8) is 0 Å². The molecule has 3 aromatic heterocycles. The predicted octanol–water partition coefficient (Wildman–Crippen LogP) is 2.38. The molecule has 0 bridgehead atoms. The maximum absolute atomic E-state index is 12.0. The Balaban J connectivity index is 1.55. The zero-order chi connectivity index (χ0) is 17.8. The number of hydrogen-bond acceptors (Lipinski definition) is 7. The van der Waals surface area contributed by atoms with Crippen LogP contribution in [0.4, 0.5) is 5.00 Å². The van der Waals surface area contributed by atoms with Crippen LogP contribution in [0.25, 0.3) is 10.2 Å². The number of thiophene rings is 2. The quantitative estimate of drug-likeness (QED) is 0.691. The number of carbonyl (C=O) groups is 1. The van der Waals surface area contributed by atoms with Gasteiger partial charge in [-0.25, -0.2) is 4.98 Å². The van der Waals surface area contributed by atoms with E-state index in [1.807, 2.05) is 29.5 Å². The van der Waals surface area contributed by atoms with Crippen molar-refractivity contribution in [3.8, 4) is 6.07 Å². The van der Waals surface area contributed by atoms with Gasteiger partial charge < -0.3 is 10.3 Å². The second-order valence-corrected chi connectivity index (χ2v) is 7.29. The first-order chi connectivity index (χ1) is 12.1. The van der Waals surface area contributed by atoms with Crippen molar-refractivity contribution in [1.29, 1.82) is 5.26 Å². The van der Waals surface area contributed by atoms with E-state index < -0.39 is 0 Å².